The SMILES string of the molecule is CCCC(C)(NC(=O)c1cc(NC(=O)OCC2c3ccccc3-c3ccccc32)nn1C)C(=O)O. The predicted molar refractivity (Wildman–Crippen MR) is 130 cm³/mol. The Labute approximate surface area is 203 Å². The number of ether oxygens (including phenoxy) is 1. The van der Waals surface area contributed by atoms with Crippen LogP contribution in [-0.4, -0.2) is 45.0 Å². The molecule has 0 saturated heterocycles. The van der Waals surface area contributed by atoms with Gasteiger partial charge in [0.05, 0.1) is 0 Å². The molecule has 1 heterocycles. The molecule has 182 valence electrons. The Kier molecular flexibility index (Phi) is 6.59. The number of nitrogens with zero attached hydrogens (tertiary/aromatic N) is 2. The van der Waals surface area contributed by atoms with Crippen molar-refractivity contribution in [2.75, 3.05) is 11.9 Å². The third-order valence-electron chi connectivity index (χ3n) is 6.30. The number of rotatable bonds is 8. The van der Waals surface area contributed by atoms with Gasteiger partial charge < -0.3 is 15.2 Å². The van der Waals surface area contributed by atoms with Gasteiger partial charge in [-0.3, -0.25) is 14.8 Å². The number of aromatic nitrogens is 2. The normalized spacial score (nSPS) is 13.9. The largest absolute Gasteiger partial charge is 0.480 e. The number of aryl methyl sites for hydroxylation is 1. The van der Waals surface area contributed by atoms with Gasteiger partial charge in [-0.15, -0.1) is 0 Å². The highest BCUT2D eigenvalue weighted by Gasteiger charge is 2.35. The van der Waals surface area contributed by atoms with Crippen LogP contribution in [-0.2, 0) is 16.6 Å². The molecule has 1 atom stereocenters. The number of benzene rings is 2. The minimum absolute atomic E-state index is 0.0783. The Hall–Kier alpha value is -4.14. The molecule has 0 fully saturated rings. The van der Waals surface area contributed by atoms with Crippen LogP contribution >= 0.6 is 0 Å². The second-order valence-corrected chi connectivity index (χ2v) is 8.83. The third kappa shape index (κ3) is 4.75. The van der Waals surface area contributed by atoms with Crippen LogP contribution < -0.4 is 10.6 Å². The Bertz CT molecular complexity index is 1240. The van der Waals surface area contributed by atoms with E-state index in [1.165, 1.54) is 24.7 Å². The second-order valence-electron chi connectivity index (χ2n) is 8.83. The number of hydrogen-bond acceptors (Lipinski definition) is 5. The van der Waals surface area contributed by atoms with Crippen molar-refractivity contribution in [3.8, 4) is 11.1 Å². The van der Waals surface area contributed by atoms with Crippen molar-refractivity contribution < 1.29 is 24.2 Å². The first-order valence-electron chi connectivity index (χ1n) is 11.5. The summed E-state index contributed by atoms with van der Waals surface area (Å²) in [6.45, 7) is 3.45. The Morgan fingerprint density at radius 3 is 2.26 bits per heavy atom. The maximum absolute atomic E-state index is 12.7. The average Bonchev–Trinajstić information content (AvgIpc) is 3.35. The number of hydrogen-bond donors (Lipinski definition) is 3. The number of carboxylic acid groups (broad SMARTS) is 1. The zero-order valence-corrected chi connectivity index (χ0v) is 19.9. The van der Waals surface area contributed by atoms with Crippen LogP contribution in [0.5, 0.6) is 0 Å². The Morgan fingerprint density at radius 1 is 1.09 bits per heavy atom. The number of nitrogens with one attached hydrogen (secondary N) is 2. The number of anilines is 1. The van der Waals surface area contributed by atoms with Crippen molar-refractivity contribution in [1.29, 1.82) is 0 Å². The van der Waals surface area contributed by atoms with Crippen LogP contribution in [0.15, 0.2) is 54.6 Å². The zero-order valence-electron chi connectivity index (χ0n) is 19.9. The number of carboxylic acids is 1. The molecule has 2 aromatic carbocycles. The first-order chi connectivity index (χ1) is 16.7. The van der Waals surface area contributed by atoms with Crippen LogP contribution in [0.2, 0.25) is 0 Å². The molecule has 0 spiro atoms. The fraction of sp³-hybridized carbons (Fsp3) is 0.308. The monoisotopic (exact) mass is 476 g/mol. The van der Waals surface area contributed by atoms with Gasteiger partial charge >= 0.3 is 12.1 Å². The molecule has 9 heteroatoms. The predicted octanol–water partition coefficient (Wildman–Crippen LogP) is 4.15. The number of carbonyl (C=O) groups excluding carboxylic acids is 2. The summed E-state index contributed by atoms with van der Waals surface area (Å²) in [7, 11) is 1.54. The molecule has 4 rings (SSSR count). The van der Waals surface area contributed by atoms with Gasteiger partial charge in [0.2, 0.25) is 0 Å². The van der Waals surface area contributed by atoms with E-state index >= 15 is 0 Å². The van der Waals surface area contributed by atoms with Gasteiger partial charge in [-0.25, -0.2) is 9.59 Å². The maximum Gasteiger partial charge on any atom is 0.412 e. The van der Waals surface area contributed by atoms with Crippen molar-refractivity contribution in [2.24, 2.45) is 7.05 Å². The minimum Gasteiger partial charge on any atom is -0.480 e. The average molecular weight is 477 g/mol. The van der Waals surface area contributed by atoms with E-state index in [0.717, 1.165) is 22.3 Å². The molecule has 1 aliphatic rings. The second kappa shape index (κ2) is 9.61. The van der Waals surface area contributed by atoms with E-state index in [2.05, 4.69) is 27.9 Å². The van der Waals surface area contributed by atoms with E-state index in [4.69, 9.17) is 4.74 Å². The molecule has 0 aliphatic heterocycles. The Morgan fingerprint density at radius 2 is 1.69 bits per heavy atom. The van der Waals surface area contributed by atoms with Gasteiger partial charge in [-0.05, 0) is 35.6 Å². The molecule has 1 aromatic heterocycles. The third-order valence-corrected chi connectivity index (χ3v) is 6.30. The van der Waals surface area contributed by atoms with Gasteiger partial charge in [0.25, 0.3) is 5.91 Å². The fourth-order valence-electron chi connectivity index (χ4n) is 4.52. The van der Waals surface area contributed by atoms with Crippen molar-refractivity contribution in [3.63, 3.8) is 0 Å². The molecular weight excluding hydrogens is 448 g/mol. The highest BCUT2D eigenvalue weighted by Crippen LogP contribution is 2.44. The van der Waals surface area contributed by atoms with E-state index < -0.39 is 23.5 Å². The zero-order chi connectivity index (χ0) is 25.2. The molecule has 0 bridgehead atoms. The van der Waals surface area contributed by atoms with Crippen LogP contribution in [0.25, 0.3) is 11.1 Å². The molecule has 35 heavy (non-hydrogen) atoms. The first-order valence-corrected chi connectivity index (χ1v) is 11.5. The van der Waals surface area contributed by atoms with Gasteiger partial charge in [0, 0.05) is 19.0 Å². The Balaban J connectivity index is 1.42. The first kappa shape index (κ1) is 24.0. The maximum atomic E-state index is 12.7. The van der Waals surface area contributed by atoms with E-state index in [9.17, 15) is 19.5 Å². The van der Waals surface area contributed by atoms with Crippen LogP contribution in [0, 0.1) is 0 Å². The van der Waals surface area contributed by atoms with Crippen molar-refractivity contribution in [3.05, 3.63) is 71.4 Å². The molecule has 0 saturated carbocycles. The molecule has 3 N–H and O–H groups in total. The lowest BCUT2D eigenvalue weighted by molar-refractivity contribution is -0.144. The standard InChI is InChI=1S/C26H28N4O5/c1-4-13-26(2,24(32)33)28-23(31)21-14-22(29-30(21)3)27-25(34)35-15-20-18-11-7-5-9-16(18)17-10-6-8-12-19(17)20/h5-12,14,20H,4,13,15H2,1-3H3,(H,28,31)(H,32,33)(H,27,29,34). The summed E-state index contributed by atoms with van der Waals surface area (Å²) in [6.07, 6.45) is 0.165. The number of fused-ring (bicyclic) bond motifs is 3. The van der Waals surface area contributed by atoms with Crippen molar-refractivity contribution in [1.82, 2.24) is 15.1 Å². The summed E-state index contributed by atoms with van der Waals surface area (Å²) >= 11 is 0. The lowest BCUT2D eigenvalue weighted by Gasteiger charge is -2.25. The molecule has 1 unspecified atom stereocenters. The summed E-state index contributed by atoms with van der Waals surface area (Å²) < 4.78 is 6.80. The van der Waals surface area contributed by atoms with Crippen LogP contribution in [0.4, 0.5) is 10.6 Å². The lowest BCUT2D eigenvalue weighted by atomic mass is 9.96. The molecular formula is C26H28N4O5. The van der Waals surface area contributed by atoms with Crippen molar-refractivity contribution in [2.45, 2.75) is 38.1 Å². The van der Waals surface area contributed by atoms with Gasteiger partial charge in [0.1, 0.15) is 17.8 Å². The quantitative estimate of drug-likeness (QED) is 0.449. The van der Waals surface area contributed by atoms with Gasteiger partial charge in [0.15, 0.2) is 5.82 Å². The van der Waals surface area contributed by atoms with E-state index in [1.54, 1.807) is 0 Å². The smallest absolute Gasteiger partial charge is 0.412 e. The van der Waals surface area contributed by atoms with Gasteiger partial charge in [-0.1, -0.05) is 61.9 Å². The van der Waals surface area contributed by atoms with Crippen LogP contribution in [0.3, 0.4) is 0 Å². The molecule has 3 aromatic rings. The van der Waals surface area contributed by atoms with E-state index in [1.807, 2.05) is 43.3 Å². The number of amides is 2. The molecule has 9 nitrogen and oxygen atoms in total. The summed E-state index contributed by atoms with van der Waals surface area (Å²) in [6, 6.07) is 17.5. The lowest BCUT2D eigenvalue weighted by Crippen LogP contribution is -2.52. The van der Waals surface area contributed by atoms with Crippen LogP contribution in [0.1, 0.15) is 54.2 Å². The molecule has 0 radical (unpaired) electrons. The van der Waals surface area contributed by atoms with E-state index in [0.29, 0.717) is 6.42 Å². The molecule has 2 amide bonds. The van der Waals surface area contributed by atoms with E-state index in [-0.39, 0.29) is 30.5 Å². The summed E-state index contributed by atoms with van der Waals surface area (Å²) in [5.74, 6) is -1.67. The fourth-order valence-corrected chi connectivity index (χ4v) is 4.52. The number of carbonyl (C=O) groups is 3. The topological polar surface area (TPSA) is 123 Å². The minimum atomic E-state index is -1.41. The highest BCUT2D eigenvalue weighted by atomic mass is 16.5. The summed E-state index contributed by atoms with van der Waals surface area (Å²) in [5.41, 5.74) is 3.18. The summed E-state index contributed by atoms with van der Waals surface area (Å²) in [5, 5.41) is 18.8. The number of aliphatic carboxylic acids is 1. The molecule has 1 aliphatic carbocycles. The highest BCUT2D eigenvalue weighted by molar-refractivity contribution is 5.97. The van der Waals surface area contributed by atoms with Gasteiger partial charge in [-0.2, -0.15) is 5.10 Å². The summed E-state index contributed by atoms with van der Waals surface area (Å²) in [4.78, 5) is 36.9. The van der Waals surface area contributed by atoms with Crippen molar-refractivity contribution >= 4 is 23.8 Å².